The molecular weight excluding hydrogens is 128 g/mol. The van der Waals surface area contributed by atoms with Crippen LogP contribution in [-0.4, -0.2) is 4.53 Å². The number of hydroxylamine groups is 1. The van der Waals surface area contributed by atoms with Gasteiger partial charge in [0.1, 0.15) is 6.20 Å². The number of rotatable bonds is 0. The first-order chi connectivity index (χ1) is 3.80. The lowest BCUT2D eigenvalue weighted by Crippen LogP contribution is -3.07. The van der Waals surface area contributed by atoms with Gasteiger partial charge in [-0.3, -0.25) is 0 Å². The normalized spacial score (nSPS) is 26.8. The summed E-state index contributed by atoms with van der Waals surface area (Å²) in [5.41, 5.74) is 0. The number of hydrogen-bond acceptors (Lipinski definition) is 2. The monoisotopic (exact) mass is 132 g/mol. The third kappa shape index (κ3) is 1.01. The Bertz CT molecular complexity index is 118. The van der Waals surface area contributed by atoms with E-state index in [4.69, 9.17) is 11.8 Å². The van der Waals surface area contributed by atoms with Gasteiger partial charge in [0.2, 0.25) is 0 Å². The Hall–Kier alpha value is -0.510. The molecule has 0 bridgehead atoms. The van der Waals surface area contributed by atoms with E-state index in [0.717, 1.165) is 4.53 Å². The molecule has 1 heterocycles. The predicted octanol–water partition coefficient (Wildman–Crippen LogP) is -0.219. The first-order valence-electron chi connectivity index (χ1n) is 2.14. The van der Waals surface area contributed by atoms with Gasteiger partial charge in [-0.1, -0.05) is 0 Å². The number of halogens is 1. The van der Waals surface area contributed by atoms with Crippen molar-refractivity contribution in [2.24, 2.45) is 0 Å². The zero-order chi connectivity index (χ0) is 5.98. The second-order valence-electron chi connectivity index (χ2n) is 1.35. The topological polar surface area (TPSA) is 30.7 Å². The van der Waals surface area contributed by atoms with Crippen LogP contribution in [0.1, 0.15) is 0 Å². The number of hydrogen-bond donors (Lipinski definition) is 1. The largest absolute Gasteiger partial charge is 0.602 e. The van der Waals surface area contributed by atoms with E-state index in [2.05, 4.69) is 0 Å². The van der Waals surface area contributed by atoms with Crippen molar-refractivity contribution >= 4 is 11.8 Å². The zero-order valence-corrected chi connectivity index (χ0v) is 4.80. The molecule has 0 saturated heterocycles. The smallest absolute Gasteiger partial charge is 0.120 e. The summed E-state index contributed by atoms with van der Waals surface area (Å²) in [6, 6.07) is 0. The molecule has 0 radical (unpaired) electrons. The summed E-state index contributed by atoms with van der Waals surface area (Å²) in [5, 5.41) is 10.3. The molecule has 0 saturated carbocycles. The Balaban J connectivity index is 2.59. The van der Waals surface area contributed by atoms with E-state index >= 15 is 0 Å². The zero-order valence-electron chi connectivity index (χ0n) is 4.04. The van der Waals surface area contributed by atoms with Crippen LogP contribution in [0.25, 0.3) is 0 Å². The average Bonchev–Trinajstić information content (AvgIpc) is 1.77. The second kappa shape index (κ2) is 2.17. The molecule has 0 amide bonds. The fourth-order valence-electron chi connectivity index (χ4n) is 0.408. The Morgan fingerprint density at radius 3 is 2.62 bits per heavy atom. The van der Waals surface area contributed by atoms with Gasteiger partial charge in [-0.25, -0.2) is 5.17 Å². The van der Waals surface area contributed by atoms with Gasteiger partial charge in [-0.05, 0) is 12.2 Å². The Morgan fingerprint density at radius 1 is 1.50 bits per heavy atom. The summed E-state index contributed by atoms with van der Waals surface area (Å²) in [7, 11) is 0. The minimum absolute atomic E-state index is 0.200. The van der Waals surface area contributed by atoms with Gasteiger partial charge < -0.3 is 5.21 Å². The first-order valence-corrected chi connectivity index (χ1v) is 2.48. The minimum atomic E-state index is -0.200. The molecular formula is C4H5ClN2O. The van der Waals surface area contributed by atoms with Crippen molar-refractivity contribution in [3.63, 3.8) is 0 Å². The van der Waals surface area contributed by atoms with E-state index in [1.807, 2.05) is 0 Å². The van der Waals surface area contributed by atoms with Gasteiger partial charge >= 0.3 is 0 Å². The SMILES string of the molecule is [O-][NH+]1C=CC=CN1Cl. The fraction of sp³-hybridized carbons (Fsp3) is 0. The van der Waals surface area contributed by atoms with E-state index in [1.54, 1.807) is 12.2 Å². The number of quaternary nitrogens is 1. The van der Waals surface area contributed by atoms with Crippen LogP contribution in [-0.2, 0) is 0 Å². The third-order valence-corrected chi connectivity index (χ3v) is 1.06. The van der Waals surface area contributed by atoms with Crippen LogP contribution in [0.3, 0.4) is 0 Å². The van der Waals surface area contributed by atoms with Crippen LogP contribution in [0.4, 0.5) is 0 Å². The molecule has 1 rings (SSSR count). The van der Waals surface area contributed by atoms with Crippen molar-refractivity contribution in [3.8, 4) is 0 Å². The van der Waals surface area contributed by atoms with E-state index in [0.29, 0.717) is 0 Å². The maximum Gasteiger partial charge on any atom is 0.120 e. The van der Waals surface area contributed by atoms with Crippen molar-refractivity contribution in [2.75, 3.05) is 0 Å². The average molecular weight is 133 g/mol. The summed E-state index contributed by atoms with van der Waals surface area (Å²) in [5.74, 6) is 0. The Labute approximate surface area is 52.1 Å². The van der Waals surface area contributed by atoms with E-state index in [1.165, 1.54) is 12.4 Å². The second-order valence-corrected chi connectivity index (χ2v) is 1.71. The predicted molar refractivity (Wildman–Crippen MR) is 30.3 cm³/mol. The molecule has 0 aromatic carbocycles. The first kappa shape index (κ1) is 5.62. The van der Waals surface area contributed by atoms with Crippen LogP contribution in [0.2, 0.25) is 0 Å². The standard InChI is InChI=1S/C4H5ClN2O/c5-6-3-1-2-4-7(6)8/h1-4,7H. The molecule has 0 fully saturated rings. The van der Waals surface area contributed by atoms with Gasteiger partial charge in [0, 0.05) is 0 Å². The van der Waals surface area contributed by atoms with Crippen molar-refractivity contribution < 1.29 is 5.17 Å². The van der Waals surface area contributed by atoms with Crippen molar-refractivity contribution in [1.29, 1.82) is 0 Å². The number of allylic oxidation sites excluding steroid dienone is 2. The quantitative estimate of drug-likeness (QED) is 0.365. The van der Waals surface area contributed by atoms with Crippen molar-refractivity contribution in [1.82, 2.24) is 4.53 Å². The molecule has 0 spiro atoms. The molecule has 1 unspecified atom stereocenters. The molecule has 1 atom stereocenters. The lowest BCUT2D eigenvalue weighted by atomic mass is 10.5. The Morgan fingerprint density at radius 2 is 2.25 bits per heavy atom. The van der Waals surface area contributed by atoms with Gasteiger partial charge in [0.25, 0.3) is 0 Å². The van der Waals surface area contributed by atoms with Gasteiger partial charge in [-0.2, -0.15) is 0 Å². The molecule has 1 aliphatic heterocycles. The highest BCUT2D eigenvalue weighted by Crippen LogP contribution is 1.88. The highest BCUT2D eigenvalue weighted by Gasteiger charge is 2.00. The summed E-state index contributed by atoms with van der Waals surface area (Å²) >= 11 is 5.31. The van der Waals surface area contributed by atoms with Crippen LogP contribution in [0.15, 0.2) is 24.6 Å². The maximum atomic E-state index is 10.4. The van der Waals surface area contributed by atoms with E-state index in [-0.39, 0.29) is 5.17 Å². The van der Waals surface area contributed by atoms with Crippen LogP contribution in [0, 0.1) is 5.21 Å². The lowest BCUT2D eigenvalue weighted by molar-refractivity contribution is -0.894. The van der Waals surface area contributed by atoms with Crippen LogP contribution < -0.4 is 5.17 Å². The molecule has 0 aliphatic carbocycles. The summed E-state index contributed by atoms with van der Waals surface area (Å²) < 4.78 is 1.00. The molecule has 0 aromatic rings. The fourth-order valence-corrected chi connectivity index (χ4v) is 0.529. The van der Waals surface area contributed by atoms with Gasteiger partial charge in [-0.15, -0.1) is 4.53 Å². The molecule has 1 aliphatic rings. The van der Waals surface area contributed by atoms with Crippen LogP contribution >= 0.6 is 11.8 Å². The Kier molecular flexibility index (Phi) is 1.53. The highest BCUT2D eigenvalue weighted by atomic mass is 35.5. The molecule has 3 nitrogen and oxygen atoms in total. The van der Waals surface area contributed by atoms with Crippen LogP contribution in [0.5, 0.6) is 0 Å². The highest BCUT2D eigenvalue weighted by molar-refractivity contribution is 6.13. The summed E-state index contributed by atoms with van der Waals surface area (Å²) in [6.45, 7) is 0. The van der Waals surface area contributed by atoms with E-state index in [9.17, 15) is 5.21 Å². The maximum absolute atomic E-state index is 10.4. The van der Waals surface area contributed by atoms with Gasteiger partial charge in [0.15, 0.2) is 0 Å². The van der Waals surface area contributed by atoms with Gasteiger partial charge in [0.05, 0.1) is 18.0 Å². The third-order valence-electron chi connectivity index (χ3n) is 0.777. The minimum Gasteiger partial charge on any atom is -0.602 e. The summed E-state index contributed by atoms with van der Waals surface area (Å²) in [6.07, 6.45) is 6.21. The molecule has 4 heteroatoms. The van der Waals surface area contributed by atoms with Crippen molar-refractivity contribution in [2.45, 2.75) is 0 Å². The number of nitrogens with zero attached hydrogens (tertiary/aromatic N) is 1. The lowest BCUT2D eigenvalue weighted by Gasteiger charge is -2.23. The van der Waals surface area contributed by atoms with E-state index < -0.39 is 0 Å². The molecule has 8 heavy (non-hydrogen) atoms. The summed E-state index contributed by atoms with van der Waals surface area (Å²) in [4.78, 5) is 0. The molecule has 44 valence electrons. The number of nitrogens with one attached hydrogen (secondary N) is 1. The molecule has 1 N–H and O–H groups in total. The molecule has 0 aromatic heterocycles. The van der Waals surface area contributed by atoms with Crippen molar-refractivity contribution in [3.05, 3.63) is 29.8 Å².